The number of nitrogens with zero attached hydrogens (tertiary/aromatic N) is 4. The second-order valence-corrected chi connectivity index (χ2v) is 27.8. The number of fused-ring (bicyclic) bond motifs is 6. The van der Waals surface area contributed by atoms with Crippen LogP contribution in [-0.2, 0) is 49.0 Å². The van der Waals surface area contributed by atoms with Gasteiger partial charge in [0.15, 0.2) is 40.3 Å². The molecule has 0 bridgehead atoms. The Kier molecular flexibility index (Phi) is 20.9. The average Bonchev–Trinajstić information content (AvgIpc) is 1.58. The maximum Gasteiger partial charge on any atom is 0.289 e. The van der Waals surface area contributed by atoms with Crippen LogP contribution < -0.4 is 26.7 Å². The van der Waals surface area contributed by atoms with Crippen molar-refractivity contribution in [1.82, 2.24) is 19.6 Å². The number of carbonyl (C=O) groups excluding carboxylic acids is 5. The Morgan fingerprint density at radius 3 is 1.33 bits per heavy atom. The zero-order valence-corrected chi connectivity index (χ0v) is 59.6. The molecule has 7 heterocycles. The van der Waals surface area contributed by atoms with E-state index < -0.39 is 5.54 Å². The van der Waals surface area contributed by atoms with Gasteiger partial charge < -0.3 is 59.5 Å². The number of nitrogens with two attached hydrogens (primary N) is 3. The molecule has 10 aromatic rings. The number of ether oxygens (including phenoxy) is 2. The second kappa shape index (κ2) is 31.2. The minimum absolute atomic E-state index is 0.0381. The van der Waals surface area contributed by atoms with Gasteiger partial charge >= 0.3 is 0 Å². The molecule has 2 aliphatic carbocycles. The molecule has 0 radical (unpaired) electrons. The smallest absolute Gasteiger partial charge is 0.289 e. The fraction of sp³-hybridized carbons (Fsp3) is 0.270. The lowest BCUT2D eigenvalue weighted by Gasteiger charge is -2.45. The predicted molar refractivity (Wildman–Crippen MR) is 404 cm³/mol. The predicted octanol–water partition coefficient (Wildman–Crippen LogP) is 13.1. The van der Waals surface area contributed by atoms with Gasteiger partial charge in [-0.15, -0.1) is 0 Å². The van der Waals surface area contributed by atoms with Gasteiger partial charge in [0, 0.05) is 110 Å². The summed E-state index contributed by atoms with van der Waals surface area (Å²) in [6.07, 6.45) is 7.44. The largest absolute Gasteiger partial charge is 0.497 e. The molecule has 0 atom stereocenters. The van der Waals surface area contributed by atoms with Gasteiger partial charge in [0.2, 0.25) is 0 Å². The third-order valence-corrected chi connectivity index (χ3v) is 21.8. The van der Waals surface area contributed by atoms with E-state index in [1.807, 2.05) is 148 Å². The van der Waals surface area contributed by atoms with Crippen LogP contribution in [0.15, 0.2) is 213 Å². The minimum atomic E-state index is -0.588. The van der Waals surface area contributed by atoms with E-state index in [0.29, 0.717) is 117 Å². The van der Waals surface area contributed by atoms with Crippen molar-refractivity contribution in [2.45, 2.75) is 100 Å². The van der Waals surface area contributed by atoms with Crippen LogP contribution in [0.1, 0.15) is 182 Å². The molecule has 16 rings (SSSR count). The van der Waals surface area contributed by atoms with E-state index in [1.54, 1.807) is 55.5 Å². The molecule has 4 aliphatic heterocycles. The molecule has 7 aromatic carbocycles. The Bertz CT molecular complexity index is 5130. The summed E-state index contributed by atoms with van der Waals surface area (Å²) in [4.78, 5) is 73.5. The van der Waals surface area contributed by atoms with E-state index in [1.165, 1.54) is 23.1 Å². The Morgan fingerprint density at radius 1 is 0.434 bits per heavy atom. The lowest BCUT2D eigenvalue weighted by Crippen LogP contribution is -2.52. The highest BCUT2D eigenvalue weighted by Gasteiger charge is 2.52. The molecular weight excluding hydrogens is 1330 g/mol. The van der Waals surface area contributed by atoms with Crippen molar-refractivity contribution >= 4 is 29.4 Å². The number of methoxy groups -OCH3 is 2. The molecular formula is C89H83N7O10. The first kappa shape index (κ1) is 71.1. The summed E-state index contributed by atoms with van der Waals surface area (Å²) in [5, 5.41) is 0. The van der Waals surface area contributed by atoms with Gasteiger partial charge in [0.05, 0.1) is 26.3 Å². The van der Waals surface area contributed by atoms with Crippen LogP contribution in [0.25, 0.3) is 0 Å². The highest BCUT2D eigenvalue weighted by atomic mass is 16.5. The number of aryl methyl sites for hydroxylation is 1. The average molecular weight is 1410 g/mol. The normalized spacial score (nSPS) is 16.0. The standard InChI is InChI=1S/C35H33N3O5.C27H24N2O3.C27H26N2O2/c1-41-28-12-10-26(32(21-28)42-2)23-38-33(39)29-14-9-25(22-36)20-30(29)35(38)16-18-37(19-17-35)34(40)31-15-13-27(43-31)11-8-24-6-4-3-5-7-24;28-18-20-7-10-22-23(16-20)27(17-24(22)30)12-14-29(15-13-27)26(31)25-11-9-21(32-25)8-6-19-4-2-1-3-5-19;28-19-21-6-8-22-12-13-27(24(22)18-21)14-16-29(17-15-27)26(30)25-11-10-23(31-25)9-7-20-4-2-1-3-5-20/h3-7,9-10,12-15,20-21H,16-19,22-23,36H2,1-2H3;1-5,7,9-11,16H,12-15,17-18,28H2;1-6,8,10-11,18H,12-17,19,28H2. The molecule has 6 N–H and O–H groups in total. The molecule has 0 saturated carbocycles. The van der Waals surface area contributed by atoms with Crippen LogP contribution in [-0.4, -0.2) is 102 Å². The summed E-state index contributed by atoms with van der Waals surface area (Å²) in [5.74, 6) is 21.6. The maximum absolute atomic E-state index is 13.9. The molecule has 3 saturated heterocycles. The number of likely N-dealkylation sites (tertiary alicyclic amines) is 3. The van der Waals surface area contributed by atoms with Crippen molar-refractivity contribution in [2.75, 3.05) is 53.5 Å². The molecule has 0 unspecified atom stereocenters. The molecule has 17 heteroatoms. The monoisotopic (exact) mass is 1410 g/mol. The molecule has 6 aliphatic rings. The summed E-state index contributed by atoms with van der Waals surface area (Å²) in [7, 11) is 3.22. The first-order chi connectivity index (χ1) is 51.7. The van der Waals surface area contributed by atoms with Gasteiger partial charge in [0.25, 0.3) is 23.6 Å². The third kappa shape index (κ3) is 14.8. The van der Waals surface area contributed by atoms with Crippen LogP contribution in [0.5, 0.6) is 11.5 Å². The SMILES string of the molecule is COc1ccc(CN2C(=O)c3ccc(CN)cc3C23CCN(C(=O)c2ccc(C#Cc4ccccc4)o2)CC3)c(OC)c1.NCc1ccc2c(c1)C1(CC2)CCN(C(=O)c2ccc(C#Cc3ccccc3)o2)CC1.NCc1ccc2c(c1)C1(CCN(C(=O)c3ccc(C#Cc4ccccc4)o3)CC1)CC2=O. The van der Waals surface area contributed by atoms with Gasteiger partial charge in [-0.05, 0) is 204 Å². The van der Waals surface area contributed by atoms with Crippen molar-refractivity contribution in [3.63, 3.8) is 0 Å². The number of piperidine rings is 3. The van der Waals surface area contributed by atoms with E-state index in [9.17, 15) is 24.0 Å². The van der Waals surface area contributed by atoms with Crippen LogP contribution in [0.2, 0.25) is 0 Å². The lowest BCUT2D eigenvalue weighted by molar-refractivity contribution is 0.0211. The second-order valence-electron chi connectivity index (χ2n) is 27.8. The number of Topliss-reactive ketones (excluding diaryl/α,β-unsaturated/α-hetero) is 1. The summed E-state index contributed by atoms with van der Waals surface area (Å²) in [5.41, 5.74) is 30.3. The highest BCUT2D eigenvalue weighted by molar-refractivity contribution is 6.03. The number of carbonyl (C=O) groups is 5. The molecule has 3 aromatic heterocycles. The van der Waals surface area contributed by atoms with Crippen LogP contribution in [0.4, 0.5) is 0 Å². The first-order valence-electron chi connectivity index (χ1n) is 36.1. The van der Waals surface area contributed by atoms with E-state index in [2.05, 4.69) is 65.9 Å². The summed E-state index contributed by atoms with van der Waals surface area (Å²) < 4.78 is 28.3. The highest BCUT2D eigenvalue weighted by Crippen LogP contribution is 2.50. The topological polar surface area (TPSA) is 234 Å². The number of benzene rings is 7. The number of rotatable bonds is 10. The Morgan fingerprint density at radius 2 is 0.868 bits per heavy atom. The van der Waals surface area contributed by atoms with Crippen LogP contribution >= 0.6 is 0 Å². The van der Waals surface area contributed by atoms with Crippen molar-refractivity contribution in [3.8, 4) is 47.0 Å². The summed E-state index contributed by atoms with van der Waals surface area (Å²) in [6.45, 7) is 5.34. The fourth-order valence-corrected chi connectivity index (χ4v) is 15.9. The first-order valence-corrected chi connectivity index (χ1v) is 36.1. The Labute approximate surface area is 617 Å². The van der Waals surface area contributed by atoms with Crippen LogP contribution in [0, 0.1) is 35.5 Å². The number of hydrogen-bond donors (Lipinski definition) is 3. The Balaban J connectivity index is 0.000000136. The van der Waals surface area contributed by atoms with Gasteiger partial charge in [-0.1, -0.05) is 121 Å². The van der Waals surface area contributed by atoms with Crippen molar-refractivity contribution in [2.24, 2.45) is 17.2 Å². The van der Waals surface area contributed by atoms with Gasteiger partial charge in [0.1, 0.15) is 11.5 Å². The molecule has 3 fully saturated rings. The maximum atomic E-state index is 13.9. The zero-order chi connectivity index (χ0) is 73.4. The molecule has 534 valence electrons. The van der Waals surface area contributed by atoms with Crippen molar-refractivity contribution in [1.29, 1.82) is 0 Å². The van der Waals surface area contributed by atoms with Crippen LogP contribution in [0.3, 0.4) is 0 Å². The van der Waals surface area contributed by atoms with E-state index >= 15 is 0 Å². The number of hydrogen-bond acceptors (Lipinski definition) is 13. The molecule has 106 heavy (non-hydrogen) atoms. The number of ketones is 1. The lowest BCUT2D eigenvalue weighted by atomic mass is 9.73. The Hall–Kier alpha value is -11.9. The van der Waals surface area contributed by atoms with Gasteiger partial charge in [-0.3, -0.25) is 24.0 Å². The molecule has 4 amide bonds. The minimum Gasteiger partial charge on any atom is -0.497 e. The summed E-state index contributed by atoms with van der Waals surface area (Å²) >= 11 is 0. The molecule has 3 spiro atoms. The summed E-state index contributed by atoms with van der Waals surface area (Å²) in [6, 6.07) is 63.4. The fourth-order valence-electron chi connectivity index (χ4n) is 15.9. The number of amides is 4. The van der Waals surface area contributed by atoms with Crippen molar-refractivity contribution < 1.29 is 46.7 Å². The zero-order valence-electron chi connectivity index (χ0n) is 59.6. The molecule has 17 nitrogen and oxygen atoms in total. The van der Waals surface area contributed by atoms with Crippen molar-refractivity contribution in [3.05, 3.63) is 307 Å². The van der Waals surface area contributed by atoms with E-state index in [4.69, 9.17) is 39.9 Å². The number of furan rings is 3. The van der Waals surface area contributed by atoms with E-state index in [0.717, 1.165) is 95.3 Å². The quantitative estimate of drug-likeness (QED) is 0.108. The van der Waals surface area contributed by atoms with E-state index in [-0.39, 0.29) is 46.0 Å². The third-order valence-electron chi connectivity index (χ3n) is 21.8. The van der Waals surface area contributed by atoms with Gasteiger partial charge in [-0.25, -0.2) is 0 Å². The van der Waals surface area contributed by atoms with Gasteiger partial charge in [-0.2, -0.15) is 0 Å².